The van der Waals surface area contributed by atoms with E-state index >= 15 is 0 Å². The third kappa shape index (κ3) is 5.59. The first-order chi connectivity index (χ1) is 14.4. The standard InChI is InChI=1S/C21H32N4O4S/c1-2-9-22-20(26)17-23-12-14-24(15-13-23)21(27)18-7-6-8-19(16-18)30(28,29)25-10-4-3-5-11-25/h6-8,16H,2-5,9-15,17H2,1H3,(H,22,26). The quantitative estimate of drug-likeness (QED) is 0.692. The molecule has 9 heteroatoms. The van der Waals surface area contributed by atoms with Gasteiger partial charge in [-0.3, -0.25) is 14.5 Å². The number of nitrogens with one attached hydrogen (secondary N) is 1. The number of nitrogens with zero attached hydrogens (tertiary/aromatic N) is 3. The van der Waals surface area contributed by atoms with Crippen molar-refractivity contribution < 1.29 is 18.0 Å². The zero-order valence-electron chi connectivity index (χ0n) is 17.7. The fraction of sp³-hybridized carbons (Fsp3) is 0.619. The molecule has 1 aromatic rings. The average Bonchev–Trinajstić information content (AvgIpc) is 2.78. The Morgan fingerprint density at radius 2 is 1.70 bits per heavy atom. The van der Waals surface area contributed by atoms with Crippen molar-refractivity contribution in [3.05, 3.63) is 29.8 Å². The molecule has 1 N–H and O–H groups in total. The first kappa shape index (κ1) is 22.7. The molecule has 166 valence electrons. The van der Waals surface area contributed by atoms with Gasteiger partial charge in [0, 0.05) is 51.4 Å². The van der Waals surface area contributed by atoms with Crippen LogP contribution in [-0.2, 0) is 14.8 Å². The molecular weight excluding hydrogens is 404 g/mol. The van der Waals surface area contributed by atoms with Gasteiger partial charge in [-0.05, 0) is 37.5 Å². The number of hydrogen-bond donors (Lipinski definition) is 1. The number of carbonyl (C=O) groups excluding carboxylic acids is 2. The van der Waals surface area contributed by atoms with Gasteiger partial charge in [0.1, 0.15) is 0 Å². The summed E-state index contributed by atoms with van der Waals surface area (Å²) in [5.41, 5.74) is 0.391. The smallest absolute Gasteiger partial charge is 0.253 e. The molecule has 0 radical (unpaired) electrons. The van der Waals surface area contributed by atoms with E-state index in [0.29, 0.717) is 57.9 Å². The van der Waals surface area contributed by atoms with Crippen LogP contribution in [-0.4, -0.2) is 86.7 Å². The van der Waals surface area contributed by atoms with E-state index in [2.05, 4.69) is 5.32 Å². The average molecular weight is 437 g/mol. The highest BCUT2D eigenvalue weighted by molar-refractivity contribution is 7.89. The van der Waals surface area contributed by atoms with E-state index in [-0.39, 0.29) is 16.7 Å². The van der Waals surface area contributed by atoms with Gasteiger partial charge in [-0.1, -0.05) is 19.4 Å². The van der Waals surface area contributed by atoms with Crippen LogP contribution in [0.3, 0.4) is 0 Å². The molecule has 0 saturated carbocycles. The normalized spacial score (nSPS) is 18.9. The molecule has 1 aromatic carbocycles. The molecule has 0 spiro atoms. The number of piperazine rings is 1. The summed E-state index contributed by atoms with van der Waals surface area (Å²) in [6.07, 6.45) is 3.70. The molecule has 0 aromatic heterocycles. The van der Waals surface area contributed by atoms with Crippen LogP contribution in [0, 0.1) is 0 Å². The van der Waals surface area contributed by atoms with Gasteiger partial charge in [-0.25, -0.2) is 8.42 Å². The summed E-state index contributed by atoms with van der Waals surface area (Å²) in [5, 5.41) is 2.86. The summed E-state index contributed by atoms with van der Waals surface area (Å²) in [7, 11) is -3.57. The molecule has 0 bridgehead atoms. The van der Waals surface area contributed by atoms with E-state index in [1.807, 2.05) is 11.8 Å². The van der Waals surface area contributed by atoms with Crippen molar-refractivity contribution in [2.75, 3.05) is 52.4 Å². The first-order valence-electron chi connectivity index (χ1n) is 10.8. The van der Waals surface area contributed by atoms with Gasteiger partial charge in [0.15, 0.2) is 0 Å². The maximum absolute atomic E-state index is 12.9. The molecular formula is C21H32N4O4S. The van der Waals surface area contributed by atoms with Gasteiger partial charge in [0.05, 0.1) is 11.4 Å². The minimum atomic E-state index is -3.57. The summed E-state index contributed by atoms with van der Waals surface area (Å²) in [6.45, 7) is 6.37. The van der Waals surface area contributed by atoms with E-state index in [1.165, 1.54) is 10.4 Å². The molecule has 8 nitrogen and oxygen atoms in total. The number of amides is 2. The minimum absolute atomic E-state index is 0.00671. The minimum Gasteiger partial charge on any atom is -0.355 e. The highest BCUT2D eigenvalue weighted by Crippen LogP contribution is 2.22. The van der Waals surface area contributed by atoms with Crippen molar-refractivity contribution in [3.63, 3.8) is 0 Å². The van der Waals surface area contributed by atoms with Crippen molar-refractivity contribution in [3.8, 4) is 0 Å². The summed E-state index contributed by atoms with van der Waals surface area (Å²) >= 11 is 0. The zero-order chi connectivity index (χ0) is 21.6. The van der Waals surface area contributed by atoms with Crippen LogP contribution in [0.25, 0.3) is 0 Å². The Bertz CT molecular complexity index is 844. The summed E-state index contributed by atoms with van der Waals surface area (Å²) < 4.78 is 27.3. The van der Waals surface area contributed by atoms with Crippen molar-refractivity contribution >= 4 is 21.8 Å². The van der Waals surface area contributed by atoms with Gasteiger partial charge < -0.3 is 10.2 Å². The maximum atomic E-state index is 12.9. The molecule has 2 aliphatic rings. The number of piperidine rings is 1. The molecule has 2 saturated heterocycles. The van der Waals surface area contributed by atoms with Gasteiger partial charge in [-0.2, -0.15) is 4.31 Å². The molecule has 0 atom stereocenters. The molecule has 2 aliphatic heterocycles. The molecule has 0 unspecified atom stereocenters. The SMILES string of the molecule is CCCNC(=O)CN1CCN(C(=O)c2cccc(S(=O)(=O)N3CCCCC3)c2)CC1. The largest absolute Gasteiger partial charge is 0.355 e. The Labute approximate surface area is 179 Å². The number of carbonyl (C=O) groups is 2. The van der Waals surface area contributed by atoms with E-state index < -0.39 is 10.0 Å². The number of rotatable bonds is 7. The maximum Gasteiger partial charge on any atom is 0.253 e. The van der Waals surface area contributed by atoms with Gasteiger partial charge in [0.2, 0.25) is 15.9 Å². The zero-order valence-corrected chi connectivity index (χ0v) is 18.5. The fourth-order valence-corrected chi connectivity index (χ4v) is 5.42. The van der Waals surface area contributed by atoms with Gasteiger partial charge in [0.25, 0.3) is 5.91 Å². The Kier molecular flexibility index (Phi) is 7.85. The van der Waals surface area contributed by atoms with Crippen LogP contribution < -0.4 is 5.32 Å². The highest BCUT2D eigenvalue weighted by atomic mass is 32.2. The second-order valence-electron chi connectivity index (χ2n) is 7.91. The summed E-state index contributed by atoms with van der Waals surface area (Å²) in [6, 6.07) is 6.37. The Morgan fingerprint density at radius 3 is 2.37 bits per heavy atom. The first-order valence-corrected chi connectivity index (χ1v) is 12.2. The molecule has 2 fully saturated rings. The van der Waals surface area contributed by atoms with Gasteiger partial charge in [-0.15, -0.1) is 0 Å². The summed E-state index contributed by atoms with van der Waals surface area (Å²) in [5.74, 6) is -0.159. The lowest BCUT2D eigenvalue weighted by Gasteiger charge is -2.34. The predicted molar refractivity (Wildman–Crippen MR) is 115 cm³/mol. The number of benzene rings is 1. The van der Waals surface area contributed by atoms with Crippen LogP contribution >= 0.6 is 0 Å². The van der Waals surface area contributed by atoms with Gasteiger partial charge >= 0.3 is 0 Å². The summed E-state index contributed by atoms with van der Waals surface area (Å²) in [4.78, 5) is 28.8. The van der Waals surface area contributed by atoms with Crippen molar-refractivity contribution in [2.24, 2.45) is 0 Å². The lowest BCUT2D eigenvalue weighted by Crippen LogP contribution is -2.51. The highest BCUT2D eigenvalue weighted by Gasteiger charge is 2.28. The second kappa shape index (κ2) is 10.4. The molecule has 0 aliphatic carbocycles. The van der Waals surface area contributed by atoms with E-state index in [0.717, 1.165) is 25.7 Å². The van der Waals surface area contributed by atoms with Crippen LogP contribution in [0.15, 0.2) is 29.2 Å². The number of hydrogen-bond acceptors (Lipinski definition) is 5. The lowest BCUT2D eigenvalue weighted by atomic mass is 10.2. The van der Waals surface area contributed by atoms with Crippen LogP contribution in [0.2, 0.25) is 0 Å². The molecule has 3 rings (SSSR count). The Balaban J connectivity index is 1.60. The fourth-order valence-electron chi connectivity index (χ4n) is 3.86. The second-order valence-corrected chi connectivity index (χ2v) is 9.85. The monoisotopic (exact) mass is 436 g/mol. The number of sulfonamides is 1. The molecule has 2 heterocycles. The van der Waals surface area contributed by atoms with Crippen molar-refractivity contribution in [2.45, 2.75) is 37.5 Å². The molecule has 30 heavy (non-hydrogen) atoms. The van der Waals surface area contributed by atoms with Crippen LogP contribution in [0.4, 0.5) is 0 Å². The third-order valence-corrected chi connectivity index (χ3v) is 7.53. The lowest BCUT2D eigenvalue weighted by molar-refractivity contribution is -0.122. The Hall–Kier alpha value is -1.97. The third-order valence-electron chi connectivity index (χ3n) is 5.63. The van der Waals surface area contributed by atoms with E-state index in [1.54, 1.807) is 23.1 Å². The van der Waals surface area contributed by atoms with Crippen molar-refractivity contribution in [1.29, 1.82) is 0 Å². The van der Waals surface area contributed by atoms with Crippen LogP contribution in [0.1, 0.15) is 43.0 Å². The van der Waals surface area contributed by atoms with E-state index in [9.17, 15) is 18.0 Å². The Morgan fingerprint density at radius 1 is 1.00 bits per heavy atom. The molecule has 2 amide bonds. The predicted octanol–water partition coefficient (Wildman–Crippen LogP) is 1.15. The van der Waals surface area contributed by atoms with E-state index in [4.69, 9.17) is 0 Å². The van der Waals surface area contributed by atoms with Crippen LogP contribution in [0.5, 0.6) is 0 Å². The van der Waals surface area contributed by atoms with Crippen molar-refractivity contribution in [1.82, 2.24) is 19.4 Å². The topological polar surface area (TPSA) is 90.0 Å².